The van der Waals surface area contributed by atoms with E-state index in [0.717, 1.165) is 11.5 Å². The molecule has 1 fully saturated rings. The van der Waals surface area contributed by atoms with E-state index in [-0.39, 0.29) is 0 Å². The van der Waals surface area contributed by atoms with Crippen LogP contribution in [0.4, 0.5) is 17.3 Å². The van der Waals surface area contributed by atoms with Gasteiger partial charge in [0.05, 0.1) is 10.7 Å². The lowest BCUT2D eigenvalue weighted by Gasteiger charge is -2.11. The lowest BCUT2D eigenvalue weighted by atomic mass is 10.3. The number of hydrogen-bond acceptors (Lipinski definition) is 4. The molecule has 1 aromatic heterocycles. The third-order valence-corrected chi connectivity index (χ3v) is 3.52. The molecule has 20 heavy (non-hydrogen) atoms. The van der Waals surface area contributed by atoms with Crippen molar-refractivity contribution >= 4 is 40.5 Å². The summed E-state index contributed by atoms with van der Waals surface area (Å²) in [6.45, 7) is 1.86. The number of aromatic nitrogens is 2. The zero-order valence-electron chi connectivity index (χ0n) is 11.0. The summed E-state index contributed by atoms with van der Waals surface area (Å²) in [5.41, 5.74) is 0.731. The summed E-state index contributed by atoms with van der Waals surface area (Å²) < 4.78 is 0. The highest BCUT2D eigenvalue weighted by Gasteiger charge is 2.21. The largest absolute Gasteiger partial charge is 0.367 e. The first-order valence-corrected chi connectivity index (χ1v) is 7.20. The zero-order valence-corrected chi connectivity index (χ0v) is 12.5. The number of nitrogens with one attached hydrogen (secondary N) is 2. The van der Waals surface area contributed by atoms with Crippen molar-refractivity contribution in [2.24, 2.45) is 0 Å². The fraction of sp³-hybridized carbons (Fsp3) is 0.286. The van der Waals surface area contributed by atoms with Crippen LogP contribution in [-0.4, -0.2) is 16.0 Å². The van der Waals surface area contributed by atoms with Crippen molar-refractivity contribution in [3.63, 3.8) is 0 Å². The lowest BCUT2D eigenvalue weighted by Crippen LogP contribution is -2.06. The molecule has 1 aliphatic rings. The normalized spacial score (nSPS) is 14.2. The molecule has 0 saturated heterocycles. The van der Waals surface area contributed by atoms with Gasteiger partial charge in [-0.05, 0) is 38.0 Å². The van der Waals surface area contributed by atoms with Crippen LogP contribution in [0.25, 0.3) is 0 Å². The Labute approximate surface area is 127 Å². The highest BCUT2D eigenvalue weighted by atomic mass is 35.5. The van der Waals surface area contributed by atoms with E-state index in [2.05, 4.69) is 20.6 Å². The summed E-state index contributed by atoms with van der Waals surface area (Å²) in [6, 6.07) is 7.70. The highest BCUT2D eigenvalue weighted by molar-refractivity contribution is 6.35. The number of hydrogen-bond donors (Lipinski definition) is 2. The smallest absolute Gasteiger partial charge is 0.136 e. The van der Waals surface area contributed by atoms with Crippen molar-refractivity contribution in [1.82, 2.24) is 9.97 Å². The van der Waals surface area contributed by atoms with E-state index in [4.69, 9.17) is 23.2 Å². The maximum Gasteiger partial charge on any atom is 0.136 e. The predicted octanol–water partition coefficient (Wildman–Crippen LogP) is 4.41. The predicted molar refractivity (Wildman–Crippen MR) is 83.2 cm³/mol. The van der Waals surface area contributed by atoms with Gasteiger partial charge < -0.3 is 10.6 Å². The summed E-state index contributed by atoms with van der Waals surface area (Å²) in [5, 5.41) is 7.76. The second-order valence-corrected chi connectivity index (χ2v) is 5.70. The number of aryl methyl sites for hydroxylation is 1. The molecule has 1 heterocycles. The van der Waals surface area contributed by atoms with Crippen LogP contribution in [0.1, 0.15) is 18.7 Å². The SMILES string of the molecule is Cc1nc(Nc2cc(Cl)ccc2Cl)cc(NC2CC2)n1. The van der Waals surface area contributed by atoms with Crippen LogP contribution in [0.3, 0.4) is 0 Å². The average molecular weight is 309 g/mol. The molecule has 1 saturated carbocycles. The second kappa shape index (κ2) is 5.46. The molecular weight excluding hydrogens is 295 g/mol. The molecule has 0 spiro atoms. The van der Waals surface area contributed by atoms with Crippen LogP contribution in [-0.2, 0) is 0 Å². The minimum atomic E-state index is 0.548. The molecule has 0 unspecified atom stereocenters. The van der Waals surface area contributed by atoms with Gasteiger partial charge in [-0.15, -0.1) is 0 Å². The Hall–Kier alpha value is -1.52. The van der Waals surface area contributed by atoms with Gasteiger partial charge >= 0.3 is 0 Å². The van der Waals surface area contributed by atoms with Crippen LogP contribution in [0.2, 0.25) is 10.0 Å². The molecule has 3 rings (SSSR count). The third kappa shape index (κ3) is 3.32. The lowest BCUT2D eigenvalue weighted by molar-refractivity contribution is 1.02. The fourth-order valence-corrected chi connectivity index (χ4v) is 2.21. The Balaban J connectivity index is 1.85. The van der Waals surface area contributed by atoms with Gasteiger partial charge in [0.25, 0.3) is 0 Å². The van der Waals surface area contributed by atoms with Crippen molar-refractivity contribution in [3.8, 4) is 0 Å². The maximum absolute atomic E-state index is 6.14. The van der Waals surface area contributed by atoms with E-state index < -0.39 is 0 Å². The van der Waals surface area contributed by atoms with Crippen LogP contribution in [0, 0.1) is 6.92 Å². The molecule has 0 atom stereocenters. The average Bonchev–Trinajstić information content (AvgIpc) is 3.17. The van der Waals surface area contributed by atoms with E-state index in [9.17, 15) is 0 Å². The Morgan fingerprint density at radius 2 is 1.85 bits per heavy atom. The number of halogens is 2. The molecular formula is C14H14Cl2N4. The van der Waals surface area contributed by atoms with Crippen molar-refractivity contribution in [3.05, 3.63) is 40.1 Å². The van der Waals surface area contributed by atoms with Crippen molar-refractivity contribution in [2.75, 3.05) is 10.6 Å². The number of nitrogens with zero attached hydrogens (tertiary/aromatic N) is 2. The summed E-state index contributed by atoms with van der Waals surface area (Å²) in [4.78, 5) is 8.74. The molecule has 6 heteroatoms. The van der Waals surface area contributed by atoms with Gasteiger partial charge in [0.2, 0.25) is 0 Å². The van der Waals surface area contributed by atoms with Gasteiger partial charge in [-0.2, -0.15) is 0 Å². The van der Waals surface area contributed by atoms with E-state index in [0.29, 0.717) is 27.7 Å². The zero-order chi connectivity index (χ0) is 14.1. The molecule has 0 amide bonds. The monoisotopic (exact) mass is 308 g/mol. The van der Waals surface area contributed by atoms with Crippen LogP contribution < -0.4 is 10.6 Å². The molecule has 1 aromatic carbocycles. The van der Waals surface area contributed by atoms with E-state index >= 15 is 0 Å². The van der Waals surface area contributed by atoms with Crippen LogP contribution >= 0.6 is 23.2 Å². The molecule has 104 valence electrons. The van der Waals surface area contributed by atoms with Gasteiger partial charge in [0.15, 0.2) is 0 Å². The van der Waals surface area contributed by atoms with Gasteiger partial charge in [0, 0.05) is 17.1 Å². The van der Waals surface area contributed by atoms with E-state index in [1.807, 2.05) is 13.0 Å². The first-order valence-electron chi connectivity index (χ1n) is 6.44. The van der Waals surface area contributed by atoms with Gasteiger partial charge in [-0.3, -0.25) is 0 Å². The first-order chi connectivity index (χ1) is 9.60. The van der Waals surface area contributed by atoms with E-state index in [1.54, 1.807) is 18.2 Å². The minimum Gasteiger partial charge on any atom is -0.367 e. The minimum absolute atomic E-state index is 0.548. The summed E-state index contributed by atoms with van der Waals surface area (Å²) in [6.07, 6.45) is 2.40. The van der Waals surface area contributed by atoms with Gasteiger partial charge in [-0.1, -0.05) is 23.2 Å². The number of rotatable bonds is 4. The maximum atomic E-state index is 6.14. The van der Waals surface area contributed by atoms with Gasteiger partial charge in [0.1, 0.15) is 17.5 Å². The Morgan fingerprint density at radius 3 is 2.60 bits per heavy atom. The van der Waals surface area contributed by atoms with Crippen LogP contribution in [0.15, 0.2) is 24.3 Å². The molecule has 4 nitrogen and oxygen atoms in total. The highest BCUT2D eigenvalue weighted by Crippen LogP contribution is 2.29. The van der Waals surface area contributed by atoms with Crippen LogP contribution in [0.5, 0.6) is 0 Å². The Bertz CT molecular complexity index is 641. The van der Waals surface area contributed by atoms with E-state index in [1.165, 1.54) is 12.8 Å². The summed E-state index contributed by atoms with van der Waals surface area (Å²) in [5.74, 6) is 2.24. The third-order valence-electron chi connectivity index (χ3n) is 2.96. The van der Waals surface area contributed by atoms with Crippen molar-refractivity contribution in [1.29, 1.82) is 0 Å². The van der Waals surface area contributed by atoms with Gasteiger partial charge in [-0.25, -0.2) is 9.97 Å². The van der Waals surface area contributed by atoms with Crippen molar-refractivity contribution < 1.29 is 0 Å². The summed E-state index contributed by atoms with van der Waals surface area (Å²) in [7, 11) is 0. The fourth-order valence-electron chi connectivity index (χ4n) is 1.87. The second-order valence-electron chi connectivity index (χ2n) is 4.85. The molecule has 0 bridgehead atoms. The summed E-state index contributed by atoms with van der Waals surface area (Å²) >= 11 is 12.1. The Morgan fingerprint density at radius 1 is 1.10 bits per heavy atom. The van der Waals surface area contributed by atoms with Crippen molar-refractivity contribution in [2.45, 2.75) is 25.8 Å². The first kappa shape index (κ1) is 13.5. The quantitative estimate of drug-likeness (QED) is 0.878. The molecule has 0 aliphatic heterocycles. The molecule has 2 N–H and O–H groups in total. The number of anilines is 3. The standard InChI is InChI=1S/C14H14Cl2N4/c1-8-17-13(19-10-3-4-10)7-14(18-8)20-12-6-9(15)2-5-11(12)16/h2,5-7,10H,3-4H2,1H3,(H2,17,18,19,20). The molecule has 1 aliphatic carbocycles. The Kier molecular flexibility index (Phi) is 3.68. The molecule has 2 aromatic rings. The topological polar surface area (TPSA) is 49.8 Å². The number of benzene rings is 1. The molecule has 0 radical (unpaired) electrons.